The molecule has 7 rings (SSSR count). The number of carbonyl (C=O) groups is 4. The summed E-state index contributed by atoms with van der Waals surface area (Å²) in [5.41, 5.74) is 0.630. The number of fused-ring (bicyclic) bond motifs is 3. The summed E-state index contributed by atoms with van der Waals surface area (Å²) in [6.45, 7) is 0.0737. The van der Waals surface area contributed by atoms with Crippen molar-refractivity contribution in [3.63, 3.8) is 0 Å². The van der Waals surface area contributed by atoms with Crippen LogP contribution in [0.4, 0.5) is 4.79 Å². The zero-order valence-corrected chi connectivity index (χ0v) is 28.0. The molecule has 1 unspecified atom stereocenters. The van der Waals surface area contributed by atoms with E-state index in [1.807, 2.05) is 47.9 Å². The second-order valence-corrected chi connectivity index (χ2v) is 14.4. The number of rotatable bonds is 6. The summed E-state index contributed by atoms with van der Waals surface area (Å²) in [7, 11) is 0. The SMILES string of the molecule is O=C(NC1CCCCC/C=C\[C@@H]2C[C@@]2(C(=O)O)NC(=O)[C@@H]2C[C@@H](Oc3cc(-c4ccccn4)nc4ccsc34)CN2C1=O)OC1CCCC1. The van der Waals surface area contributed by atoms with Crippen LogP contribution in [0.1, 0.15) is 70.6 Å². The Morgan fingerprint density at radius 1 is 1.04 bits per heavy atom. The van der Waals surface area contributed by atoms with Crippen LogP contribution in [0, 0.1) is 5.92 Å². The smallest absolute Gasteiger partial charge is 0.408 e. The van der Waals surface area contributed by atoms with Crippen molar-refractivity contribution in [2.75, 3.05) is 6.54 Å². The molecule has 0 radical (unpaired) electrons. The standard InChI is InChI=1S/C36H41N5O7S/c42-32-29-18-24(47-30-19-28(25-13-8-9-16-37-25)38-26-15-17-49-31(26)30)21-41(29)33(43)27(39-35(46)48-23-11-6-7-12-23)14-5-3-1-2-4-10-22-20-36(22,40-32)34(44)45/h4,8-10,13,15-17,19,22-24,27,29H,1-3,5-7,11-12,14,18,20-21H2,(H,39,46)(H,40,42)(H,44,45)/b10-4-/t22-,24-,27?,29+,36-/m1/s1. The third-order valence-corrected chi connectivity index (χ3v) is 11.0. The average molecular weight is 688 g/mol. The second kappa shape index (κ2) is 14.1. The van der Waals surface area contributed by atoms with Gasteiger partial charge in [-0.15, -0.1) is 11.3 Å². The summed E-state index contributed by atoms with van der Waals surface area (Å²) in [5.74, 6) is -1.83. The molecule has 5 heterocycles. The molecule has 258 valence electrons. The molecule has 2 aliphatic carbocycles. The van der Waals surface area contributed by atoms with E-state index in [0.29, 0.717) is 30.0 Å². The number of aromatic nitrogens is 2. The van der Waals surface area contributed by atoms with Crippen LogP contribution in [0.15, 0.2) is 54.1 Å². The lowest BCUT2D eigenvalue weighted by molar-refractivity contribution is -0.145. The highest BCUT2D eigenvalue weighted by molar-refractivity contribution is 7.17. The first kappa shape index (κ1) is 33.0. The highest BCUT2D eigenvalue weighted by Crippen LogP contribution is 2.45. The zero-order valence-electron chi connectivity index (χ0n) is 27.2. The fourth-order valence-electron chi connectivity index (χ4n) is 7.32. The number of carboxylic acids is 1. The minimum absolute atomic E-state index is 0.0737. The van der Waals surface area contributed by atoms with Gasteiger partial charge in [-0.2, -0.15) is 0 Å². The van der Waals surface area contributed by atoms with Crippen molar-refractivity contribution in [1.29, 1.82) is 0 Å². The topological polar surface area (TPSA) is 160 Å². The van der Waals surface area contributed by atoms with E-state index in [1.54, 1.807) is 6.20 Å². The van der Waals surface area contributed by atoms with Gasteiger partial charge in [-0.25, -0.2) is 14.6 Å². The van der Waals surface area contributed by atoms with Crippen LogP contribution in [-0.4, -0.2) is 80.2 Å². The first-order valence-corrected chi connectivity index (χ1v) is 18.1. The number of carbonyl (C=O) groups excluding carboxylic acids is 3. The molecule has 3 aromatic rings. The zero-order chi connectivity index (χ0) is 34.0. The molecule has 5 atom stereocenters. The molecule has 4 aliphatic rings. The number of aliphatic carboxylic acids is 1. The van der Waals surface area contributed by atoms with E-state index in [-0.39, 0.29) is 31.4 Å². The molecule has 3 aromatic heterocycles. The third-order valence-electron chi connectivity index (χ3n) is 10.1. The van der Waals surface area contributed by atoms with Gasteiger partial charge in [0.1, 0.15) is 35.6 Å². The molecule has 3 fully saturated rings. The highest BCUT2D eigenvalue weighted by Gasteiger charge is 2.61. The molecule has 0 aromatic carbocycles. The predicted molar refractivity (Wildman–Crippen MR) is 182 cm³/mol. The van der Waals surface area contributed by atoms with Crippen molar-refractivity contribution in [2.24, 2.45) is 5.92 Å². The van der Waals surface area contributed by atoms with Crippen molar-refractivity contribution in [3.05, 3.63) is 54.1 Å². The average Bonchev–Trinajstić information content (AvgIpc) is 3.54. The Morgan fingerprint density at radius 3 is 2.67 bits per heavy atom. The number of alkyl carbamates (subject to hydrolysis) is 1. The molecule has 12 nitrogen and oxygen atoms in total. The number of nitrogens with zero attached hydrogens (tertiary/aromatic N) is 3. The fourth-order valence-corrected chi connectivity index (χ4v) is 8.11. The number of hydrogen-bond donors (Lipinski definition) is 3. The normalized spacial score (nSPS) is 28.4. The molecule has 1 saturated heterocycles. The number of pyridine rings is 2. The molecule has 0 spiro atoms. The van der Waals surface area contributed by atoms with Crippen molar-refractivity contribution in [3.8, 4) is 17.1 Å². The maximum Gasteiger partial charge on any atom is 0.408 e. The van der Waals surface area contributed by atoms with Gasteiger partial charge in [-0.05, 0) is 74.9 Å². The maximum absolute atomic E-state index is 14.4. The highest BCUT2D eigenvalue weighted by atomic mass is 32.1. The predicted octanol–water partition coefficient (Wildman–Crippen LogP) is 5.22. The number of amides is 3. The van der Waals surface area contributed by atoms with Crippen LogP contribution in [0.2, 0.25) is 0 Å². The van der Waals surface area contributed by atoms with E-state index >= 15 is 0 Å². The molecule has 49 heavy (non-hydrogen) atoms. The summed E-state index contributed by atoms with van der Waals surface area (Å²) in [5, 5.41) is 17.7. The van der Waals surface area contributed by atoms with E-state index in [9.17, 15) is 24.3 Å². The lowest BCUT2D eigenvalue weighted by Crippen LogP contribution is -2.56. The van der Waals surface area contributed by atoms with Crippen molar-refractivity contribution in [1.82, 2.24) is 25.5 Å². The summed E-state index contributed by atoms with van der Waals surface area (Å²) >= 11 is 1.48. The summed E-state index contributed by atoms with van der Waals surface area (Å²) in [6.07, 6.45) is 11.7. The number of carboxylic acid groups (broad SMARTS) is 1. The van der Waals surface area contributed by atoms with Crippen LogP contribution >= 0.6 is 11.3 Å². The Morgan fingerprint density at radius 2 is 1.88 bits per heavy atom. The van der Waals surface area contributed by atoms with Gasteiger partial charge in [0.2, 0.25) is 11.8 Å². The molecular formula is C36H41N5O7S. The third kappa shape index (κ3) is 7.12. The largest absolute Gasteiger partial charge is 0.487 e. The van der Waals surface area contributed by atoms with Crippen molar-refractivity contribution < 1.29 is 33.8 Å². The van der Waals surface area contributed by atoms with E-state index in [1.165, 1.54) is 16.2 Å². The quantitative estimate of drug-likeness (QED) is 0.295. The molecule has 13 heteroatoms. The van der Waals surface area contributed by atoms with Gasteiger partial charge in [-0.1, -0.05) is 31.1 Å². The number of thiophene rings is 1. The van der Waals surface area contributed by atoms with Crippen LogP contribution in [0.25, 0.3) is 21.6 Å². The van der Waals surface area contributed by atoms with Gasteiger partial charge < -0.3 is 30.1 Å². The summed E-state index contributed by atoms with van der Waals surface area (Å²) < 4.78 is 13.1. The maximum atomic E-state index is 14.4. The molecule has 0 bridgehead atoms. The molecule has 3 N–H and O–H groups in total. The second-order valence-electron chi connectivity index (χ2n) is 13.5. The first-order valence-electron chi connectivity index (χ1n) is 17.3. The van der Waals surface area contributed by atoms with Gasteiger partial charge in [0.15, 0.2) is 0 Å². The lowest BCUT2D eigenvalue weighted by Gasteiger charge is -2.29. The molecule has 3 amide bonds. The van der Waals surface area contributed by atoms with Gasteiger partial charge in [0.05, 0.1) is 28.1 Å². The molecule has 2 aliphatic heterocycles. The first-order chi connectivity index (χ1) is 23.8. The van der Waals surface area contributed by atoms with Crippen molar-refractivity contribution in [2.45, 2.75) is 100 Å². The van der Waals surface area contributed by atoms with Gasteiger partial charge >= 0.3 is 12.1 Å². The Labute approximate surface area is 288 Å². The van der Waals surface area contributed by atoms with Gasteiger partial charge in [0.25, 0.3) is 0 Å². The lowest BCUT2D eigenvalue weighted by atomic mass is 10.0. The number of allylic oxidation sites excluding steroid dienone is 1. The van der Waals surface area contributed by atoms with E-state index in [4.69, 9.17) is 14.5 Å². The Hall–Kier alpha value is -4.52. The Kier molecular flexibility index (Phi) is 9.53. The number of ether oxygens (including phenoxy) is 2. The minimum Gasteiger partial charge on any atom is -0.487 e. The van der Waals surface area contributed by atoms with Crippen LogP contribution in [0.5, 0.6) is 5.75 Å². The van der Waals surface area contributed by atoms with Crippen LogP contribution in [-0.2, 0) is 19.1 Å². The number of hydrogen-bond acceptors (Lipinski definition) is 9. The fraction of sp³-hybridized carbons (Fsp3) is 0.500. The Bertz CT molecular complexity index is 1740. The van der Waals surface area contributed by atoms with E-state index in [0.717, 1.165) is 55.2 Å². The minimum atomic E-state index is -1.42. The molecular weight excluding hydrogens is 646 g/mol. The van der Waals surface area contributed by atoms with E-state index in [2.05, 4.69) is 15.6 Å². The van der Waals surface area contributed by atoms with Gasteiger partial charge in [0, 0.05) is 24.6 Å². The monoisotopic (exact) mass is 687 g/mol. The number of nitrogens with one attached hydrogen (secondary N) is 2. The summed E-state index contributed by atoms with van der Waals surface area (Å²) in [6, 6.07) is 7.39. The van der Waals surface area contributed by atoms with Crippen LogP contribution in [0.3, 0.4) is 0 Å². The Balaban J connectivity index is 1.18. The van der Waals surface area contributed by atoms with Crippen molar-refractivity contribution >= 4 is 45.4 Å². The van der Waals surface area contributed by atoms with Crippen LogP contribution < -0.4 is 15.4 Å². The van der Waals surface area contributed by atoms with E-state index < -0.39 is 47.6 Å². The van der Waals surface area contributed by atoms with Gasteiger partial charge in [-0.3, -0.25) is 14.6 Å². The molecule has 2 saturated carbocycles. The summed E-state index contributed by atoms with van der Waals surface area (Å²) in [4.78, 5) is 64.5.